The van der Waals surface area contributed by atoms with Gasteiger partial charge in [0.15, 0.2) is 6.61 Å². The number of carbonyl (C=O) groups is 1. The second kappa shape index (κ2) is 8.54. The van der Waals surface area contributed by atoms with E-state index in [-0.39, 0.29) is 24.9 Å². The molecule has 0 aliphatic rings. The van der Waals surface area contributed by atoms with Gasteiger partial charge < -0.3 is 14.1 Å². The van der Waals surface area contributed by atoms with Crippen LogP contribution in [0, 0.1) is 5.82 Å². The minimum absolute atomic E-state index is 0.161. The molecular weight excluding hydrogens is 357 g/mol. The molecule has 0 unspecified atom stereocenters. The Morgan fingerprint density at radius 1 is 1.04 bits per heavy atom. The molecule has 0 atom stereocenters. The zero-order valence-corrected chi connectivity index (χ0v) is 14.7. The minimum Gasteiger partial charge on any atom is -0.482 e. The SMILES string of the molecule is O=C(COc1ccccc1Cl)N(Cc1ccc(F)cc1)Cc1ccco1. The Labute approximate surface area is 155 Å². The molecule has 0 N–H and O–H groups in total. The Bertz CT molecular complexity index is 850. The molecule has 3 aromatic rings. The number of ether oxygens (including phenoxy) is 1. The Morgan fingerprint density at radius 2 is 1.81 bits per heavy atom. The summed E-state index contributed by atoms with van der Waals surface area (Å²) in [7, 11) is 0. The maximum absolute atomic E-state index is 13.1. The second-order valence-electron chi connectivity index (χ2n) is 5.67. The van der Waals surface area contributed by atoms with Crippen LogP contribution in [0.3, 0.4) is 0 Å². The fraction of sp³-hybridized carbons (Fsp3) is 0.150. The van der Waals surface area contributed by atoms with Crippen molar-refractivity contribution in [2.24, 2.45) is 0 Å². The molecule has 0 fully saturated rings. The molecule has 0 bridgehead atoms. The summed E-state index contributed by atoms with van der Waals surface area (Å²) in [4.78, 5) is 14.3. The Morgan fingerprint density at radius 3 is 2.50 bits per heavy atom. The smallest absolute Gasteiger partial charge is 0.261 e. The molecular formula is C20H17ClFNO3. The van der Waals surface area contributed by atoms with Crippen LogP contribution < -0.4 is 4.74 Å². The van der Waals surface area contributed by atoms with Crippen LogP contribution in [0.5, 0.6) is 5.75 Å². The van der Waals surface area contributed by atoms with Crippen LogP contribution in [0.1, 0.15) is 11.3 Å². The topological polar surface area (TPSA) is 42.7 Å². The van der Waals surface area contributed by atoms with E-state index >= 15 is 0 Å². The predicted molar refractivity (Wildman–Crippen MR) is 96.3 cm³/mol. The third kappa shape index (κ3) is 4.86. The van der Waals surface area contributed by atoms with Crippen molar-refractivity contribution in [3.8, 4) is 5.75 Å². The highest BCUT2D eigenvalue weighted by atomic mass is 35.5. The maximum Gasteiger partial charge on any atom is 0.261 e. The Balaban J connectivity index is 1.70. The number of para-hydroxylation sites is 1. The predicted octanol–water partition coefficient (Wildman–Crippen LogP) is 4.68. The first-order chi connectivity index (χ1) is 12.6. The molecule has 0 aliphatic heterocycles. The average Bonchev–Trinajstić information content (AvgIpc) is 3.15. The van der Waals surface area contributed by atoms with Gasteiger partial charge in [-0.05, 0) is 42.0 Å². The zero-order chi connectivity index (χ0) is 18.4. The number of rotatable bonds is 7. The lowest BCUT2D eigenvalue weighted by Crippen LogP contribution is -2.34. The maximum atomic E-state index is 13.1. The van der Waals surface area contributed by atoms with Crippen LogP contribution >= 0.6 is 11.6 Å². The second-order valence-corrected chi connectivity index (χ2v) is 6.08. The van der Waals surface area contributed by atoms with E-state index in [0.717, 1.165) is 5.56 Å². The van der Waals surface area contributed by atoms with E-state index in [2.05, 4.69) is 0 Å². The average molecular weight is 374 g/mol. The molecule has 0 aliphatic carbocycles. The van der Waals surface area contributed by atoms with Crippen LogP contribution in [0.2, 0.25) is 5.02 Å². The third-order valence-electron chi connectivity index (χ3n) is 3.75. The van der Waals surface area contributed by atoms with Crippen LogP contribution in [-0.2, 0) is 17.9 Å². The highest BCUT2D eigenvalue weighted by molar-refractivity contribution is 6.32. The van der Waals surface area contributed by atoms with Crippen LogP contribution in [-0.4, -0.2) is 17.4 Å². The molecule has 0 saturated heterocycles. The fourth-order valence-electron chi connectivity index (χ4n) is 2.43. The summed E-state index contributed by atoms with van der Waals surface area (Å²) in [6.07, 6.45) is 1.55. The van der Waals surface area contributed by atoms with Gasteiger partial charge in [0, 0.05) is 6.54 Å². The molecule has 134 valence electrons. The van der Waals surface area contributed by atoms with Gasteiger partial charge in [-0.1, -0.05) is 35.9 Å². The third-order valence-corrected chi connectivity index (χ3v) is 4.07. The van der Waals surface area contributed by atoms with Crippen LogP contribution in [0.15, 0.2) is 71.3 Å². The number of carbonyl (C=O) groups excluding carboxylic acids is 1. The highest BCUT2D eigenvalue weighted by Crippen LogP contribution is 2.23. The number of halogens is 2. The highest BCUT2D eigenvalue weighted by Gasteiger charge is 2.17. The number of hydrogen-bond acceptors (Lipinski definition) is 3. The monoisotopic (exact) mass is 373 g/mol. The van der Waals surface area contributed by atoms with Crippen LogP contribution in [0.4, 0.5) is 4.39 Å². The molecule has 6 heteroatoms. The lowest BCUT2D eigenvalue weighted by atomic mass is 10.2. The normalized spacial score (nSPS) is 10.5. The van der Waals surface area contributed by atoms with Crippen molar-refractivity contribution < 1.29 is 18.3 Å². The number of furan rings is 1. The number of amides is 1. The molecule has 26 heavy (non-hydrogen) atoms. The van der Waals surface area contributed by atoms with E-state index in [0.29, 0.717) is 23.1 Å². The van der Waals surface area contributed by atoms with Gasteiger partial charge in [-0.15, -0.1) is 0 Å². The van der Waals surface area contributed by atoms with Crippen molar-refractivity contribution in [1.29, 1.82) is 0 Å². The van der Waals surface area contributed by atoms with Crippen molar-refractivity contribution in [2.45, 2.75) is 13.1 Å². The summed E-state index contributed by atoms with van der Waals surface area (Å²) in [5.41, 5.74) is 0.809. The molecule has 0 saturated carbocycles. The first-order valence-electron chi connectivity index (χ1n) is 8.04. The van der Waals surface area contributed by atoms with Gasteiger partial charge >= 0.3 is 0 Å². The lowest BCUT2D eigenvalue weighted by molar-refractivity contribution is -0.134. The number of nitrogens with zero attached hydrogens (tertiary/aromatic N) is 1. The van der Waals surface area contributed by atoms with Crippen molar-refractivity contribution in [2.75, 3.05) is 6.61 Å². The Kier molecular flexibility index (Phi) is 5.92. The molecule has 3 rings (SSSR count). The van der Waals surface area contributed by atoms with E-state index in [1.54, 1.807) is 59.7 Å². The van der Waals surface area contributed by atoms with E-state index in [4.69, 9.17) is 20.8 Å². The molecule has 0 radical (unpaired) electrons. The quantitative estimate of drug-likeness (QED) is 0.604. The summed E-state index contributed by atoms with van der Waals surface area (Å²) < 4.78 is 24.0. The zero-order valence-electron chi connectivity index (χ0n) is 13.9. The fourth-order valence-corrected chi connectivity index (χ4v) is 2.62. The van der Waals surface area contributed by atoms with Crippen molar-refractivity contribution in [3.63, 3.8) is 0 Å². The van der Waals surface area contributed by atoms with Crippen molar-refractivity contribution in [1.82, 2.24) is 4.90 Å². The van der Waals surface area contributed by atoms with Gasteiger partial charge in [0.25, 0.3) is 5.91 Å². The first-order valence-corrected chi connectivity index (χ1v) is 8.41. The summed E-state index contributed by atoms with van der Waals surface area (Å²) in [5, 5.41) is 0.441. The first kappa shape index (κ1) is 18.0. The van der Waals surface area contributed by atoms with E-state index in [9.17, 15) is 9.18 Å². The van der Waals surface area contributed by atoms with Crippen molar-refractivity contribution >= 4 is 17.5 Å². The van der Waals surface area contributed by atoms with E-state index < -0.39 is 0 Å². The molecule has 1 amide bonds. The van der Waals surface area contributed by atoms with Gasteiger partial charge in [0.2, 0.25) is 0 Å². The van der Waals surface area contributed by atoms with Gasteiger partial charge in [-0.2, -0.15) is 0 Å². The van der Waals surface area contributed by atoms with E-state index in [1.807, 2.05) is 0 Å². The molecule has 4 nitrogen and oxygen atoms in total. The Hall–Kier alpha value is -2.79. The van der Waals surface area contributed by atoms with Crippen LogP contribution in [0.25, 0.3) is 0 Å². The summed E-state index contributed by atoms with van der Waals surface area (Å²) >= 11 is 6.05. The number of hydrogen-bond donors (Lipinski definition) is 0. The minimum atomic E-state index is -0.320. The molecule has 1 heterocycles. The summed E-state index contributed by atoms with van der Waals surface area (Å²) in [6.45, 7) is 0.437. The molecule has 1 aromatic heterocycles. The number of benzene rings is 2. The lowest BCUT2D eigenvalue weighted by Gasteiger charge is -2.22. The van der Waals surface area contributed by atoms with Crippen molar-refractivity contribution in [3.05, 3.63) is 89.1 Å². The summed E-state index contributed by atoms with van der Waals surface area (Å²) in [6, 6.07) is 16.5. The van der Waals surface area contributed by atoms with Gasteiger partial charge in [-0.25, -0.2) is 4.39 Å². The van der Waals surface area contributed by atoms with E-state index in [1.165, 1.54) is 12.1 Å². The van der Waals surface area contributed by atoms with Gasteiger partial charge in [0.1, 0.15) is 17.3 Å². The van der Waals surface area contributed by atoms with Gasteiger partial charge in [0.05, 0.1) is 17.8 Å². The molecule has 0 spiro atoms. The molecule has 2 aromatic carbocycles. The standard InChI is InChI=1S/C20H17ClFNO3/c21-18-5-1-2-6-19(18)26-14-20(24)23(13-17-4-3-11-25-17)12-15-7-9-16(22)10-8-15/h1-11H,12-14H2. The summed E-state index contributed by atoms with van der Waals surface area (Å²) in [5.74, 6) is 0.547. The van der Waals surface area contributed by atoms with Gasteiger partial charge in [-0.3, -0.25) is 4.79 Å². The largest absolute Gasteiger partial charge is 0.482 e.